The van der Waals surface area contributed by atoms with Gasteiger partial charge in [0.25, 0.3) is 0 Å². The topological polar surface area (TPSA) is 62.3 Å². The number of piperidine rings is 1. The Kier molecular flexibility index (Phi) is 5.87. The van der Waals surface area contributed by atoms with Crippen molar-refractivity contribution in [2.45, 2.75) is 64.3 Å². The van der Waals surface area contributed by atoms with E-state index in [1.54, 1.807) is 11.3 Å². The van der Waals surface area contributed by atoms with Crippen LogP contribution in [0.3, 0.4) is 0 Å². The molecule has 0 unspecified atom stereocenters. The molecule has 1 atom stereocenters. The van der Waals surface area contributed by atoms with Crippen molar-refractivity contribution < 1.29 is 9.59 Å². The summed E-state index contributed by atoms with van der Waals surface area (Å²) in [5.74, 6) is 0.326. The van der Waals surface area contributed by atoms with Gasteiger partial charge in [-0.25, -0.2) is 4.98 Å². The van der Waals surface area contributed by atoms with Gasteiger partial charge in [0, 0.05) is 30.4 Å². The molecule has 1 aromatic heterocycles. The van der Waals surface area contributed by atoms with E-state index in [1.165, 1.54) is 17.7 Å². The Morgan fingerprint density at radius 3 is 2.88 bits per heavy atom. The number of likely N-dealkylation sites (tertiary alicyclic amines) is 1. The highest BCUT2D eigenvalue weighted by molar-refractivity contribution is 7.09. The maximum atomic E-state index is 12.4. The molecule has 0 spiro atoms. The van der Waals surface area contributed by atoms with Crippen molar-refractivity contribution >= 4 is 23.2 Å². The van der Waals surface area contributed by atoms with Gasteiger partial charge >= 0.3 is 0 Å². The van der Waals surface area contributed by atoms with Crippen LogP contribution in [-0.4, -0.2) is 40.8 Å². The first-order valence-electron chi connectivity index (χ1n) is 9.11. The monoisotopic (exact) mass is 349 g/mol. The lowest BCUT2D eigenvalue weighted by atomic mass is 9.95. The molecule has 2 heterocycles. The molecule has 1 aliphatic heterocycles. The van der Waals surface area contributed by atoms with Crippen molar-refractivity contribution in [3.63, 3.8) is 0 Å². The number of amides is 2. The van der Waals surface area contributed by atoms with Crippen LogP contribution >= 0.6 is 11.3 Å². The number of carbonyl (C=O) groups excluding carboxylic acids is 2. The summed E-state index contributed by atoms with van der Waals surface area (Å²) in [5.41, 5.74) is 2.98. The molecule has 132 valence electrons. The molecule has 0 bridgehead atoms. The van der Waals surface area contributed by atoms with Gasteiger partial charge in [0.2, 0.25) is 11.8 Å². The van der Waals surface area contributed by atoms with Gasteiger partial charge in [0.15, 0.2) is 0 Å². The molecule has 2 fully saturated rings. The van der Waals surface area contributed by atoms with Gasteiger partial charge in [0.05, 0.1) is 17.1 Å². The second kappa shape index (κ2) is 8.10. The molecule has 1 aromatic rings. The van der Waals surface area contributed by atoms with E-state index in [2.05, 4.69) is 10.3 Å². The van der Waals surface area contributed by atoms with Crippen molar-refractivity contribution in [2.24, 2.45) is 5.92 Å². The summed E-state index contributed by atoms with van der Waals surface area (Å²) in [6, 6.07) is 0.377. The molecule has 24 heavy (non-hydrogen) atoms. The predicted octanol–water partition coefficient (Wildman–Crippen LogP) is 2.68. The number of nitrogens with zero attached hydrogens (tertiary/aromatic N) is 2. The minimum Gasteiger partial charge on any atom is -0.356 e. The third-order valence-electron chi connectivity index (χ3n) is 5.31. The Morgan fingerprint density at radius 2 is 2.17 bits per heavy atom. The van der Waals surface area contributed by atoms with Crippen molar-refractivity contribution in [3.05, 3.63) is 16.1 Å². The summed E-state index contributed by atoms with van der Waals surface area (Å²) in [6.45, 7) is 3.34. The Morgan fingerprint density at radius 1 is 1.38 bits per heavy atom. The van der Waals surface area contributed by atoms with Crippen LogP contribution in [-0.2, 0) is 16.0 Å². The zero-order chi connectivity index (χ0) is 16.9. The molecule has 1 aliphatic carbocycles. The molecular weight excluding hydrogens is 322 g/mol. The van der Waals surface area contributed by atoms with Gasteiger partial charge in [-0.15, -0.1) is 11.3 Å². The summed E-state index contributed by atoms with van der Waals surface area (Å²) < 4.78 is 0. The smallest absolute Gasteiger partial charge is 0.224 e. The molecule has 1 N–H and O–H groups in total. The summed E-state index contributed by atoms with van der Waals surface area (Å²) >= 11 is 1.68. The van der Waals surface area contributed by atoms with Crippen LogP contribution in [0.1, 0.15) is 55.5 Å². The van der Waals surface area contributed by atoms with E-state index in [0.717, 1.165) is 31.4 Å². The maximum Gasteiger partial charge on any atom is 0.224 e. The predicted molar refractivity (Wildman–Crippen MR) is 94.9 cm³/mol. The average molecular weight is 350 g/mol. The van der Waals surface area contributed by atoms with Gasteiger partial charge < -0.3 is 10.2 Å². The third kappa shape index (κ3) is 4.15. The first kappa shape index (κ1) is 17.4. The summed E-state index contributed by atoms with van der Waals surface area (Å²) in [5, 5.41) is 3.07. The fourth-order valence-electron chi connectivity index (χ4n) is 3.83. The minimum absolute atomic E-state index is 0.0339. The first-order chi connectivity index (χ1) is 11.6. The normalized spacial score (nSPS) is 22.1. The fraction of sp³-hybridized carbons (Fsp3) is 0.722. The molecule has 0 aromatic carbocycles. The van der Waals surface area contributed by atoms with Crippen molar-refractivity contribution in [3.8, 4) is 0 Å². The Labute approximate surface area is 147 Å². The SMILES string of the molecule is Cc1ncsc1CCCNC(=O)[C@@H]1CCC(=O)N(C2CCCC2)C1. The van der Waals surface area contributed by atoms with Crippen molar-refractivity contribution in [1.82, 2.24) is 15.2 Å². The van der Waals surface area contributed by atoms with E-state index in [0.29, 0.717) is 32.0 Å². The van der Waals surface area contributed by atoms with Crippen LogP contribution in [0.2, 0.25) is 0 Å². The van der Waals surface area contributed by atoms with E-state index in [1.807, 2.05) is 17.3 Å². The van der Waals surface area contributed by atoms with Crippen LogP contribution < -0.4 is 5.32 Å². The van der Waals surface area contributed by atoms with Crippen LogP contribution in [0.5, 0.6) is 0 Å². The Bertz CT molecular complexity index is 581. The molecule has 6 heteroatoms. The quantitative estimate of drug-likeness (QED) is 0.803. The summed E-state index contributed by atoms with van der Waals surface area (Å²) in [6.07, 6.45) is 7.75. The van der Waals surface area contributed by atoms with Gasteiger partial charge in [-0.3, -0.25) is 9.59 Å². The molecule has 3 rings (SSSR count). The van der Waals surface area contributed by atoms with Crippen LogP contribution in [0, 0.1) is 12.8 Å². The number of aromatic nitrogens is 1. The van der Waals surface area contributed by atoms with E-state index in [9.17, 15) is 9.59 Å². The van der Waals surface area contributed by atoms with Crippen LogP contribution in [0.15, 0.2) is 5.51 Å². The Hall–Kier alpha value is -1.43. The standard InChI is InChI=1S/C18H27N3O2S/c1-13-16(24-12-20-13)7-4-10-19-18(23)14-8-9-17(22)21(11-14)15-5-2-3-6-15/h12,14-15H,2-11H2,1H3,(H,19,23)/t14-/m1/s1. The molecule has 0 radical (unpaired) electrons. The number of hydrogen-bond acceptors (Lipinski definition) is 4. The number of carbonyl (C=O) groups is 2. The minimum atomic E-state index is -0.0339. The second-order valence-electron chi connectivity index (χ2n) is 6.98. The van der Waals surface area contributed by atoms with E-state index < -0.39 is 0 Å². The van der Waals surface area contributed by atoms with Gasteiger partial charge in [-0.1, -0.05) is 12.8 Å². The zero-order valence-corrected chi connectivity index (χ0v) is 15.2. The van der Waals surface area contributed by atoms with Gasteiger partial charge in [0.1, 0.15) is 0 Å². The largest absolute Gasteiger partial charge is 0.356 e. The van der Waals surface area contributed by atoms with Crippen molar-refractivity contribution in [2.75, 3.05) is 13.1 Å². The number of rotatable bonds is 6. The molecule has 2 amide bonds. The first-order valence-corrected chi connectivity index (χ1v) is 9.99. The average Bonchev–Trinajstić information content (AvgIpc) is 3.24. The van der Waals surface area contributed by atoms with E-state index in [-0.39, 0.29) is 17.7 Å². The molecule has 2 aliphatic rings. The molecule has 5 nitrogen and oxygen atoms in total. The highest BCUT2D eigenvalue weighted by Gasteiger charge is 2.34. The fourth-order valence-corrected chi connectivity index (χ4v) is 4.65. The van der Waals surface area contributed by atoms with Gasteiger partial charge in [-0.2, -0.15) is 0 Å². The summed E-state index contributed by atoms with van der Waals surface area (Å²) in [4.78, 5) is 32.1. The lowest BCUT2D eigenvalue weighted by molar-refractivity contribution is -0.140. The number of thiazole rings is 1. The highest BCUT2D eigenvalue weighted by Crippen LogP contribution is 2.28. The molecule has 1 saturated carbocycles. The molecule has 1 saturated heterocycles. The summed E-state index contributed by atoms with van der Waals surface area (Å²) in [7, 11) is 0. The van der Waals surface area contributed by atoms with Crippen LogP contribution in [0.4, 0.5) is 0 Å². The number of hydrogen-bond donors (Lipinski definition) is 1. The molecular formula is C18H27N3O2S. The van der Waals surface area contributed by atoms with Crippen molar-refractivity contribution in [1.29, 1.82) is 0 Å². The van der Waals surface area contributed by atoms with E-state index in [4.69, 9.17) is 0 Å². The number of aryl methyl sites for hydroxylation is 2. The second-order valence-corrected chi connectivity index (χ2v) is 7.91. The Balaban J connectivity index is 1.42. The van der Waals surface area contributed by atoms with Crippen LogP contribution in [0.25, 0.3) is 0 Å². The number of nitrogens with one attached hydrogen (secondary N) is 1. The van der Waals surface area contributed by atoms with Gasteiger partial charge in [-0.05, 0) is 39.0 Å². The zero-order valence-electron chi connectivity index (χ0n) is 14.4. The lowest BCUT2D eigenvalue weighted by Crippen LogP contribution is -2.49. The van der Waals surface area contributed by atoms with E-state index >= 15 is 0 Å². The lowest BCUT2D eigenvalue weighted by Gasteiger charge is -2.36. The third-order valence-corrected chi connectivity index (χ3v) is 6.30. The highest BCUT2D eigenvalue weighted by atomic mass is 32.1. The maximum absolute atomic E-state index is 12.4.